The van der Waals surface area contributed by atoms with Gasteiger partial charge in [-0.25, -0.2) is 12.8 Å². The van der Waals surface area contributed by atoms with Crippen LogP contribution in [0.25, 0.3) is 0 Å². The number of hydrogen-bond donors (Lipinski definition) is 1. The maximum Gasteiger partial charge on any atom is 0.255 e. The molecule has 156 valence electrons. The zero-order chi connectivity index (χ0) is 21.3. The van der Waals surface area contributed by atoms with Crippen LogP contribution in [0.2, 0.25) is 5.02 Å². The number of carbonyl (C=O) groups is 1. The molecule has 1 aliphatic rings. The van der Waals surface area contributed by atoms with E-state index in [0.29, 0.717) is 11.3 Å². The summed E-state index contributed by atoms with van der Waals surface area (Å²) in [6.45, 7) is 5.72. The first-order chi connectivity index (χ1) is 13.6. The van der Waals surface area contributed by atoms with Gasteiger partial charge in [-0.1, -0.05) is 17.7 Å². The Morgan fingerprint density at radius 3 is 2.48 bits per heavy atom. The van der Waals surface area contributed by atoms with Gasteiger partial charge in [0.05, 0.1) is 17.2 Å². The van der Waals surface area contributed by atoms with E-state index in [1.807, 2.05) is 0 Å². The predicted molar refractivity (Wildman–Crippen MR) is 109 cm³/mol. The Kier molecular flexibility index (Phi) is 6.28. The summed E-state index contributed by atoms with van der Waals surface area (Å²) in [6, 6.07) is 8.08. The molecule has 0 spiro atoms. The second kappa shape index (κ2) is 8.39. The number of nitrogens with zero attached hydrogens (tertiary/aromatic N) is 1. The molecule has 2 atom stereocenters. The molecule has 29 heavy (non-hydrogen) atoms. The van der Waals surface area contributed by atoms with Crippen molar-refractivity contribution in [2.75, 3.05) is 18.4 Å². The van der Waals surface area contributed by atoms with Crippen LogP contribution in [0.3, 0.4) is 0 Å². The van der Waals surface area contributed by atoms with Crippen LogP contribution in [0.15, 0.2) is 41.3 Å². The second-order valence-electron chi connectivity index (χ2n) is 7.14. The Morgan fingerprint density at radius 2 is 1.83 bits per heavy atom. The molecule has 0 radical (unpaired) electrons. The van der Waals surface area contributed by atoms with Gasteiger partial charge < -0.3 is 10.1 Å². The highest BCUT2D eigenvalue weighted by atomic mass is 35.5. The van der Waals surface area contributed by atoms with Crippen molar-refractivity contribution in [3.05, 3.63) is 58.4 Å². The third-order valence-corrected chi connectivity index (χ3v) is 6.96. The van der Waals surface area contributed by atoms with Crippen molar-refractivity contribution in [1.82, 2.24) is 4.31 Å². The van der Waals surface area contributed by atoms with Gasteiger partial charge >= 0.3 is 0 Å². The second-order valence-corrected chi connectivity index (χ2v) is 9.45. The van der Waals surface area contributed by atoms with Gasteiger partial charge in [0.1, 0.15) is 10.7 Å². The number of aryl methyl sites for hydroxylation is 1. The summed E-state index contributed by atoms with van der Waals surface area (Å²) in [5.41, 5.74) is 1.09. The summed E-state index contributed by atoms with van der Waals surface area (Å²) < 4.78 is 46.7. The van der Waals surface area contributed by atoms with Crippen LogP contribution in [0, 0.1) is 12.7 Å². The Bertz CT molecular complexity index is 1030. The third-order valence-electron chi connectivity index (χ3n) is 4.65. The molecule has 2 aromatic carbocycles. The van der Waals surface area contributed by atoms with Crippen molar-refractivity contribution < 1.29 is 22.3 Å². The van der Waals surface area contributed by atoms with Crippen molar-refractivity contribution in [3.63, 3.8) is 0 Å². The summed E-state index contributed by atoms with van der Waals surface area (Å²) >= 11 is 6.17. The first-order valence-electron chi connectivity index (χ1n) is 9.10. The van der Waals surface area contributed by atoms with Crippen molar-refractivity contribution in [2.24, 2.45) is 0 Å². The number of amides is 1. The number of rotatable bonds is 4. The van der Waals surface area contributed by atoms with Crippen LogP contribution in [-0.4, -0.2) is 43.9 Å². The van der Waals surface area contributed by atoms with Crippen molar-refractivity contribution in [1.29, 1.82) is 0 Å². The lowest BCUT2D eigenvalue weighted by Gasteiger charge is -2.34. The Labute approximate surface area is 174 Å². The summed E-state index contributed by atoms with van der Waals surface area (Å²) in [4.78, 5) is 12.5. The Hall–Kier alpha value is -2.00. The highest BCUT2D eigenvalue weighted by Crippen LogP contribution is 2.28. The van der Waals surface area contributed by atoms with Gasteiger partial charge in [0.15, 0.2) is 0 Å². The van der Waals surface area contributed by atoms with E-state index in [0.717, 1.165) is 0 Å². The van der Waals surface area contributed by atoms with Crippen LogP contribution in [-0.2, 0) is 14.8 Å². The summed E-state index contributed by atoms with van der Waals surface area (Å²) in [5, 5.41) is 2.63. The number of halogens is 2. The molecule has 9 heteroatoms. The maximum absolute atomic E-state index is 13.5. The molecule has 2 aromatic rings. The molecule has 0 bridgehead atoms. The van der Waals surface area contributed by atoms with Crippen molar-refractivity contribution in [3.8, 4) is 0 Å². The van der Waals surface area contributed by atoms with E-state index in [-0.39, 0.29) is 40.8 Å². The van der Waals surface area contributed by atoms with Gasteiger partial charge in [0, 0.05) is 24.3 Å². The van der Waals surface area contributed by atoms with Gasteiger partial charge in [0.25, 0.3) is 5.91 Å². The predicted octanol–water partition coefficient (Wildman–Crippen LogP) is 3.84. The molecule has 3 rings (SSSR count). The zero-order valence-corrected chi connectivity index (χ0v) is 17.8. The summed E-state index contributed by atoms with van der Waals surface area (Å²) in [5.74, 6) is -1.05. The molecule has 2 unspecified atom stereocenters. The number of ether oxygens (including phenoxy) is 1. The van der Waals surface area contributed by atoms with Crippen LogP contribution in [0.4, 0.5) is 10.1 Å². The molecule has 1 N–H and O–H groups in total. The number of benzene rings is 2. The molecule has 1 fully saturated rings. The molecule has 1 saturated heterocycles. The van der Waals surface area contributed by atoms with E-state index < -0.39 is 21.7 Å². The fourth-order valence-corrected chi connectivity index (χ4v) is 5.32. The van der Waals surface area contributed by atoms with Gasteiger partial charge in [-0.05, 0) is 56.7 Å². The normalized spacial score (nSPS) is 20.4. The number of hydrogen-bond acceptors (Lipinski definition) is 4. The first-order valence-corrected chi connectivity index (χ1v) is 10.9. The first kappa shape index (κ1) is 21.7. The zero-order valence-electron chi connectivity index (χ0n) is 16.3. The number of sulfonamides is 1. The minimum atomic E-state index is -3.92. The Balaban J connectivity index is 1.91. The molecule has 6 nitrogen and oxygen atoms in total. The van der Waals surface area contributed by atoms with E-state index >= 15 is 0 Å². The van der Waals surface area contributed by atoms with E-state index in [9.17, 15) is 17.6 Å². The van der Waals surface area contributed by atoms with E-state index in [1.165, 1.54) is 34.6 Å². The highest BCUT2D eigenvalue weighted by molar-refractivity contribution is 7.89. The fourth-order valence-electron chi connectivity index (χ4n) is 3.23. The van der Waals surface area contributed by atoms with Crippen molar-refractivity contribution >= 4 is 33.2 Å². The number of anilines is 1. The SMILES string of the molecule is Cc1ccc(F)cc1NC(=O)c1ccc(Cl)c(S(=O)(=O)N2CC(C)OC(C)C2)c1. The van der Waals surface area contributed by atoms with Crippen LogP contribution in [0.5, 0.6) is 0 Å². The lowest BCUT2D eigenvalue weighted by atomic mass is 10.1. The molecule has 0 aromatic heterocycles. The van der Waals surface area contributed by atoms with Crippen LogP contribution >= 0.6 is 11.6 Å². The minimum absolute atomic E-state index is 0.0234. The van der Waals surface area contributed by atoms with Gasteiger partial charge in [-0.15, -0.1) is 0 Å². The van der Waals surface area contributed by atoms with Crippen LogP contribution < -0.4 is 5.32 Å². The lowest BCUT2D eigenvalue weighted by Crippen LogP contribution is -2.48. The largest absolute Gasteiger partial charge is 0.373 e. The molecule has 1 aliphatic heterocycles. The van der Waals surface area contributed by atoms with Gasteiger partial charge in [0.2, 0.25) is 10.0 Å². The lowest BCUT2D eigenvalue weighted by molar-refractivity contribution is -0.0440. The molecule has 1 amide bonds. The van der Waals surface area contributed by atoms with Crippen molar-refractivity contribution in [2.45, 2.75) is 37.9 Å². The standard InChI is InChI=1S/C20H22ClFN2O4S/c1-12-4-6-16(22)9-18(12)23-20(25)15-5-7-17(21)19(8-15)29(26,27)24-10-13(2)28-14(3)11-24/h4-9,13-14H,10-11H2,1-3H3,(H,23,25). The molecular formula is C20H22ClFN2O4S. The average Bonchev–Trinajstić information content (AvgIpc) is 2.64. The highest BCUT2D eigenvalue weighted by Gasteiger charge is 2.33. The molecular weight excluding hydrogens is 419 g/mol. The quantitative estimate of drug-likeness (QED) is 0.783. The maximum atomic E-state index is 13.5. The molecule has 1 heterocycles. The molecule has 0 aliphatic carbocycles. The monoisotopic (exact) mass is 440 g/mol. The number of carbonyl (C=O) groups excluding carboxylic acids is 1. The topological polar surface area (TPSA) is 75.7 Å². The van der Waals surface area contributed by atoms with E-state index in [4.69, 9.17) is 16.3 Å². The van der Waals surface area contributed by atoms with E-state index in [1.54, 1.807) is 26.8 Å². The Morgan fingerprint density at radius 1 is 1.17 bits per heavy atom. The van der Waals surface area contributed by atoms with Gasteiger partial charge in [-0.2, -0.15) is 4.31 Å². The summed E-state index contributed by atoms with van der Waals surface area (Å²) in [6.07, 6.45) is -0.510. The fraction of sp³-hybridized carbons (Fsp3) is 0.350. The number of nitrogens with one attached hydrogen (secondary N) is 1. The van der Waals surface area contributed by atoms with Crippen LogP contribution in [0.1, 0.15) is 29.8 Å². The number of morpholine rings is 1. The minimum Gasteiger partial charge on any atom is -0.373 e. The smallest absolute Gasteiger partial charge is 0.255 e. The van der Waals surface area contributed by atoms with E-state index in [2.05, 4.69) is 5.32 Å². The molecule has 0 saturated carbocycles. The van der Waals surface area contributed by atoms with Gasteiger partial charge in [-0.3, -0.25) is 4.79 Å². The third kappa shape index (κ3) is 4.78. The average molecular weight is 441 g/mol. The summed E-state index contributed by atoms with van der Waals surface area (Å²) in [7, 11) is -3.92.